The van der Waals surface area contributed by atoms with Gasteiger partial charge in [0.1, 0.15) is 0 Å². The van der Waals surface area contributed by atoms with E-state index in [0.29, 0.717) is 0 Å². The molecule has 2 aromatic rings. The van der Waals surface area contributed by atoms with E-state index in [0.717, 1.165) is 27.4 Å². The standard InChI is InChI=1S/C11H9BrOS/c1-2-8-10-7(6-13)4-3-5-9(10)14-11(8)12/h3-6H,2H2,1H3. The summed E-state index contributed by atoms with van der Waals surface area (Å²) in [5.41, 5.74) is 2.04. The molecule has 1 heterocycles. The molecule has 0 radical (unpaired) electrons. The zero-order valence-corrected chi connectivity index (χ0v) is 10.1. The van der Waals surface area contributed by atoms with Crippen LogP contribution in [0.4, 0.5) is 0 Å². The number of aldehydes is 1. The first-order valence-corrected chi connectivity index (χ1v) is 6.04. The quantitative estimate of drug-likeness (QED) is 0.752. The molecule has 1 nitrogen and oxygen atoms in total. The van der Waals surface area contributed by atoms with Crippen molar-refractivity contribution in [2.24, 2.45) is 0 Å². The summed E-state index contributed by atoms with van der Waals surface area (Å²) in [6.07, 6.45) is 1.88. The number of carbonyl (C=O) groups excluding carboxylic acids is 1. The number of aryl methyl sites for hydroxylation is 1. The molecule has 72 valence electrons. The topological polar surface area (TPSA) is 17.1 Å². The number of thiophene rings is 1. The summed E-state index contributed by atoms with van der Waals surface area (Å²) in [6, 6.07) is 5.85. The first-order valence-electron chi connectivity index (χ1n) is 4.43. The Morgan fingerprint density at radius 1 is 1.50 bits per heavy atom. The van der Waals surface area contributed by atoms with Crippen LogP contribution in [-0.2, 0) is 6.42 Å². The van der Waals surface area contributed by atoms with Gasteiger partial charge in [0.05, 0.1) is 3.79 Å². The van der Waals surface area contributed by atoms with Gasteiger partial charge in [-0.2, -0.15) is 0 Å². The molecular formula is C11H9BrOS. The third kappa shape index (κ3) is 1.41. The van der Waals surface area contributed by atoms with Crippen molar-refractivity contribution in [1.82, 2.24) is 0 Å². The van der Waals surface area contributed by atoms with Gasteiger partial charge in [-0.05, 0) is 34.0 Å². The molecule has 0 unspecified atom stereocenters. The summed E-state index contributed by atoms with van der Waals surface area (Å²) in [7, 11) is 0. The van der Waals surface area contributed by atoms with E-state index < -0.39 is 0 Å². The molecule has 2 rings (SSSR count). The molecule has 0 aliphatic carbocycles. The van der Waals surface area contributed by atoms with Crippen molar-refractivity contribution in [1.29, 1.82) is 0 Å². The lowest BCUT2D eigenvalue weighted by molar-refractivity contribution is 0.112. The summed E-state index contributed by atoms with van der Waals surface area (Å²) in [4.78, 5) is 10.9. The number of halogens is 1. The lowest BCUT2D eigenvalue weighted by Gasteiger charge is -1.98. The number of carbonyl (C=O) groups is 1. The Bertz CT molecular complexity index is 487. The van der Waals surface area contributed by atoms with E-state index in [1.54, 1.807) is 11.3 Å². The molecule has 0 spiro atoms. The summed E-state index contributed by atoms with van der Waals surface area (Å²) in [6.45, 7) is 2.10. The summed E-state index contributed by atoms with van der Waals surface area (Å²) in [5, 5.41) is 1.11. The highest BCUT2D eigenvalue weighted by Crippen LogP contribution is 2.37. The minimum atomic E-state index is 0.793. The highest BCUT2D eigenvalue weighted by molar-refractivity contribution is 9.11. The third-order valence-electron chi connectivity index (χ3n) is 2.28. The van der Waals surface area contributed by atoms with Gasteiger partial charge in [-0.3, -0.25) is 4.79 Å². The molecule has 0 aliphatic rings. The fourth-order valence-corrected chi connectivity index (χ4v) is 3.68. The molecule has 0 N–H and O–H groups in total. The number of hydrogen-bond donors (Lipinski definition) is 0. The van der Waals surface area contributed by atoms with E-state index in [1.165, 1.54) is 10.3 Å². The molecular weight excluding hydrogens is 260 g/mol. The van der Waals surface area contributed by atoms with Gasteiger partial charge in [0, 0.05) is 15.6 Å². The Morgan fingerprint density at radius 2 is 2.29 bits per heavy atom. The Hall–Kier alpha value is -0.670. The lowest BCUT2D eigenvalue weighted by Crippen LogP contribution is -1.84. The van der Waals surface area contributed by atoms with Crippen LogP contribution in [0.2, 0.25) is 0 Å². The minimum Gasteiger partial charge on any atom is -0.298 e. The van der Waals surface area contributed by atoms with Crippen LogP contribution in [0.5, 0.6) is 0 Å². The van der Waals surface area contributed by atoms with Crippen molar-refractivity contribution in [3.05, 3.63) is 33.1 Å². The SMILES string of the molecule is CCc1c(Br)sc2cccc(C=O)c12. The molecule has 14 heavy (non-hydrogen) atoms. The second-order valence-corrected chi connectivity index (χ2v) is 5.42. The highest BCUT2D eigenvalue weighted by atomic mass is 79.9. The average molecular weight is 269 g/mol. The Balaban J connectivity index is 2.89. The van der Waals surface area contributed by atoms with Crippen molar-refractivity contribution in [3.8, 4) is 0 Å². The highest BCUT2D eigenvalue weighted by Gasteiger charge is 2.11. The van der Waals surface area contributed by atoms with E-state index in [1.807, 2.05) is 12.1 Å². The van der Waals surface area contributed by atoms with Crippen LogP contribution in [0.3, 0.4) is 0 Å². The van der Waals surface area contributed by atoms with Crippen molar-refractivity contribution < 1.29 is 4.79 Å². The first kappa shape index (κ1) is 9.87. The summed E-state index contributed by atoms with van der Waals surface area (Å²) >= 11 is 5.23. The first-order chi connectivity index (χ1) is 6.77. The molecule has 0 bridgehead atoms. The van der Waals surface area contributed by atoms with E-state index in [-0.39, 0.29) is 0 Å². The predicted octanol–water partition coefficient (Wildman–Crippen LogP) is 4.04. The lowest BCUT2D eigenvalue weighted by atomic mass is 10.1. The van der Waals surface area contributed by atoms with Crippen molar-refractivity contribution in [2.75, 3.05) is 0 Å². The molecule has 0 atom stereocenters. The Morgan fingerprint density at radius 3 is 2.93 bits per heavy atom. The molecule has 0 amide bonds. The van der Waals surface area contributed by atoms with E-state index in [2.05, 4.69) is 28.9 Å². The maximum Gasteiger partial charge on any atom is 0.150 e. The zero-order valence-electron chi connectivity index (χ0n) is 7.71. The monoisotopic (exact) mass is 268 g/mol. The molecule has 0 saturated heterocycles. The van der Waals surface area contributed by atoms with Crippen LogP contribution in [-0.4, -0.2) is 6.29 Å². The maximum atomic E-state index is 10.9. The second-order valence-electron chi connectivity index (χ2n) is 3.05. The van der Waals surface area contributed by atoms with Gasteiger partial charge in [0.15, 0.2) is 6.29 Å². The van der Waals surface area contributed by atoms with Crippen LogP contribution < -0.4 is 0 Å². The van der Waals surface area contributed by atoms with Crippen LogP contribution in [0.1, 0.15) is 22.8 Å². The average Bonchev–Trinajstić information content (AvgIpc) is 2.52. The molecule has 1 aromatic heterocycles. The Labute approximate surface area is 94.9 Å². The molecule has 1 aromatic carbocycles. The fourth-order valence-electron chi connectivity index (χ4n) is 1.63. The minimum absolute atomic E-state index is 0.793. The summed E-state index contributed by atoms with van der Waals surface area (Å²) < 4.78 is 2.32. The maximum absolute atomic E-state index is 10.9. The van der Waals surface area contributed by atoms with Crippen LogP contribution in [0, 0.1) is 0 Å². The van der Waals surface area contributed by atoms with Crippen molar-refractivity contribution >= 4 is 43.6 Å². The van der Waals surface area contributed by atoms with Gasteiger partial charge in [-0.1, -0.05) is 19.1 Å². The Kier molecular flexibility index (Phi) is 2.70. The van der Waals surface area contributed by atoms with Crippen LogP contribution in [0.25, 0.3) is 10.1 Å². The largest absolute Gasteiger partial charge is 0.298 e. The predicted molar refractivity (Wildman–Crippen MR) is 64.3 cm³/mol. The van der Waals surface area contributed by atoms with Crippen molar-refractivity contribution in [3.63, 3.8) is 0 Å². The number of benzene rings is 1. The van der Waals surface area contributed by atoms with Gasteiger partial charge in [0.25, 0.3) is 0 Å². The fraction of sp³-hybridized carbons (Fsp3) is 0.182. The van der Waals surface area contributed by atoms with Gasteiger partial charge in [-0.15, -0.1) is 11.3 Å². The van der Waals surface area contributed by atoms with Crippen LogP contribution in [0.15, 0.2) is 22.0 Å². The van der Waals surface area contributed by atoms with Gasteiger partial charge in [0.2, 0.25) is 0 Å². The van der Waals surface area contributed by atoms with Gasteiger partial charge in [-0.25, -0.2) is 0 Å². The smallest absolute Gasteiger partial charge is 0.150 e. The normalized spacial score (nSPS) is 10.7. The van der Waals surface area contributed by atoms with E-state index in [4.69, 9.17) is 0 Å². The van der Waals surface area contributed by atoms with Gasteiger partial charge >= 0.3 is 0 Å². The van der Waals surface area contributed by atoms with E-state index in [9.17, 15) is 4.79 Å². The molecule has 0 fully saturated rings. The number of rotatable bonds is 2. The van der Waals surface area contributed by atoms with Gasteiger partial charge < -0.3 is 0 Å². The van der Waals surface area contributed by atoms with E-state index >= 15 is 0 Å². The second kappa shape index (κ2) is 3.83. The van der Waals surface area contributed by atoms with Crippen LogP contribution >= 0.6 is 27.3 Å². The number of fused-ring (bicyclic) bond motifs is 1. The molecule has 0 aliphatic heterocycles. The zero-order chi connectivity index (χ0) is 10.1. The van der Waals surface area contributed by atoms with Crippen molar-refractivity contribution in [2.45, 2.75) is 13.3 Å². The number of hydrogen-bond acceptors (Lipinski definition) is 2. The molecule has 3 heteroatoms. The third-order valence-corrected chi connectivity index (χ3v) is 4.23. The molecule has 0 saturated carbocycles. The summed E-state index contributed by atoms with van der Waals surface area (Å²) in [5.74, 6) is 0.